The van der Waals surface area contributed by atoms with Crippen LogP contribution in [0.25, 0.3) is 10.9 Å². The number of hydrogen-bond donors (Lipinski definition) is 2. The fourth-order valence-electron chi connectivity index (χ4n) is 2.76. The van der Waals surface area contributed by atoms with Gasteiger partial charge >= 0.3 is 0 Å². The minimum absolute atomic E-state index is 0.0780. The zero-order chi connectivity index (χ0) is 16.9. The molecule has 2 aromatic carbocycles. The molecule has 4 nitrogen and oxygen atoms in total. The van der Waals surface area contributed by atoms with Gasteiger partial charge < -0.3 is 15.0 Å². The first-order chi connectivity index (χ1) is 11.7. The van der Waals surface area contributed by atoms with Gasteiger partial charge in [-0.2, -0.15) is 0 Å². The Bertz CT molecular complexity index is 824. The molecule has 3 rings (SSSR count). The van der Waals surface area contributed by atoms with E-state index in [1.54, 1.807) is 7.11 Å². The van der Waals surface area contributed by atoms with Crippen molar-refractivity contribution in [3.8, 4) is 5.75 Å². The second kappa shape index (κ2) is 7.21. The molecule has 1 amide bonds. The second-order valence-corrected chi connectivity index (χ2v) is 6.03. The highest BCUT2D eigenvalue weighted by molar-refractivity contribution is 5.98. The van der Waals surface area contributed by atoms with Gasteiger partial charge in [-0.05, 0) is 43.5 Å². The van der Waals surface area contributed by atoms with Gasteiger partial charge in [-0.3, -0.25) is 4.79 Å². The molecule has 0 saturated heterocycles. The normalized spacial score (nSPS) is 12.1. The number of fused-ring (bicyclic) bond motifs is 1. The largest absolute Gasteiger partial charge is 0.497 e. The van der Waals surface area contributed by atoms with Crippen LogP contribution in [0.5, 0.6) is 5.75 Å². The van der Waals surface area contributed by atoms with E-state index in [1.807, 2.05) is 49.4 Å². The maximum absolute atomic E-state index is 12.4. The second-order valence-electron chi connectivity index (χ2n) is 6.03. The number of aryl methyl sites for hydroxylation is 1. The molecular formula is C20H22N2O2. The lowest BCUT2D eigenvalue weighted by Crippen LogP contribution is -2.33. The number of hydrogen-bond acceptors (Lipinski definition) is 2. The average molecular weight is 322 g/mol. The highest BCUT2D eigenvalue weighted by atomic mass is 16.5. The van der Waals surface area contributed by atoms with E-state index in [9.17, 15) is 4.79 Å². The quantitative estimate of drug-likeness (QED) is 0.722. The lowest BCUT2D eigenvalue weighted by molar-refractivity contribution is 0.0934. The van der Waals surface area contributed by atoms with E-state index in [-0.39, 0.29) is 11.9 Å². The lowest BCUT2D eigenvalue weighted by Gasteiger charge is -2.13. The topological polar surface area (TPSA) is 54.1 Å². The van der Waals surface area contributed by atoms with Gasteiger partial charge in [0.25, 0.3) is 5.91 Å². The van der Waals surface area contributed by atoms with Crippen molar-refractivity contribution in [1.29, 1.82) is 0 Å². The number of rotatable bonds is 6. The van der Waals surface area contributed by atoms with Gasteiger partial charge in [-0.25, -0.2) is 0 Å². The maximum atomic E-state index is 12.4. The van der Waals surface area contributed by atoms with Crippen LogP contribution in [-0.4, -0.2) is 24.0 Å². The molecule has 4 heteroatoms. The van der Waals surface area contributed by atoms with E-state index in [2.05, 4.69) is 22.4 Å². The lowest BCUT2D eigenvalue weighted by atomic mass is 10.1. The van der Waals surface area contributed by atoms with Crippen LogP contribution in [0.1, 0.15) is 29.4 Å². The van der Waals surface area contributed by atoms with Gasteiger partial charge in [0, 0.05) is 23.0 Å². The van der Waals surface area contributed by atoms with Crippen LogP contribution in [0, 0.1) is 0 Å². The fourth-order valence-corrected chi connectivity index (χ4v) is 2.76. The van der Waals surface area contributed by atoms with E-state index >= 15 is 0 Å². The summed E-state index contributed by atoms with van der Waals surface area (Å²) in [5.74, 6) is 0.693. The molecule has 0 aliphatic heterocycles. The van der Waals surface area contributed by atoms with Gasteiger partial charge in [0.1, 0.15) is 11.4 Å². The van der Waals surface area contributed by atoms with Gasteiger partial charge in [-0.1, -0.05) is 30.3 Å². The number of H-pyrrole nitrogens is 1. The molecular weight excluding hydrogens is 300 g/mol. The third-order valence-corrected chi connectivity index (χ3v) is 4.16. The summed E-state index contributed by atoms with van der Waals surface area (Å²) >= 11 is 0. The average Bonchev–Trinajstić information content (AvgIpc) is 3.04. The molecule has 0 saturated carbocycles. The van der Waals surface area contributed by atoms with Crippen molar-refractivity contribution in [2.45, 2.75) is 25.8 Å². The zero-order valence-electron chi connectivity index (χ0n) is 14.0. The Kier molecular flexibility index (Phi) is 4.85. The summed E-state index contributed by atoms with van der Waals surface area (Å²) in [7, 11) is 1.63. The summed E-state index contributed by atoms with van der Waals surface area (Å²) in [6.07, 6.45) is 1.86. The molecule has 0 fully saturated rings. The first kappa shape index (κ1) is 16.1. The Morgan fingerprint density at radius 2 is 1.96 bits per heavy atom. The molecule has 3 aromatic rings. The van der Waals surface area contributed by atoms with Crippen molar-refractivity contribution in [3.05, 3.63) is 65.9 Å². The van der Waals surface area contributed by atoms with Crippen LogP contribution in [-0.2, 0) is 6.42 Å². The van der Waals surface area contributed by atoms with E-state index in [1.165, 1.54) is 5.56 Å². The summed E-state index contributed by atoms with van der Waals surface area (Å²) in [6.45, 7) is 2.03. The number of amides is 1. The molecule has 2 N–H and O–H groups in total. The van der Waals surface area contributed by atoms with Crippen molar-refractivity contribution in [1.82, 2.24) is 10.3 Å². The van der Waals surface area contributed by atoms with Crippen LogP contribution in [0.4, 0.5) is 0 Å². The standard InChI is InChI=1S/C20H22N2O2/c1-14(8-9-15-6-4-3-5-7-15)21-20(23)19-12-16-10-11-17(24-2)13-18(16)22-19/h3-7,10-14,22H,8-9H2,1-2H3,(H,21,23). The van der Waals surface area contributed by atoms with Crippen LogP contribution in [0.2, 0.25) is 0 Å². The third-order valence-electron chi connectivity index (χ3n) is 4.16. The molecule has 0 aliphatic carbocycles. The Morgan fingerprint density at radius 3 is 2.71 bits per heavy atom. The number of nitrogens with one attached hydrogen (secondary N) is 2. The van der Waals surface area contributed by atoms with Crippen molar-refractivity contribution in [2.24, 2.45) is 0 Å². The van der Waals surface area contributed by atoms with Gasteiger partial charge in [0.05, 0.1) is 7.11 Å². The highest BCUT2D eigenvalue weighted by Crippen LogP contribution is 2.21. The smallest absolute Gasteiger partial charge is 0.267 e. The summed E-state index contributed by atoms with van der Waals surface area (Å²) in [6, 6.07) is 18.0. The van der Waals surface area contributed by atoms with Crippen LogP contribution >= 0.6 is 0 Å². The van der Waals surface area contributed by atoms with E-state index < -0.39 is 0 Å². The Balaban J connectivity index is 1.61. The number of carbonyl (C=O) groups excluding carboxylic acids is 1. The number of aromatic amines is 1. The Hall–Kier alpha value is -2.75. The summed E-state index contributed by atoms with van der Waals surface area (Å²) in [4.78, 5) is 15.6. The first-order valence-corrected chi connectivity index (χ1v) is 8.17. The van der Waals surface area contributed by atoms with Gasteiger partial charge in [0.15, 0.2) is 0 Å². The monoisotopic (exact) mass is 322 g/mol. The van der Waals surface area contributed by atoms with Crippen molar-refractivity contribution in [3.63, 3.8) is 0 Å². The summed E-state index contributed by atoms with van der Waals surface area (Å²) in [5.41, 5.74) is 2.76. The summed E-state index contributed by atoms with van der Waals surface area (Å²) < 4.78 is 5.21. The fraction of sp³-hybridized carbons (Fsp3) is 0.250. The minimum atomic E-state index is -0.0780. The Labute approximate surface area is 141 Å². The molecule has 0 bridgehead atoms. The molecule has 1 aromatic heterocycles. The molecule has 124 valence electrons. The molecule has 24 heavy (non-hydrogen) atoms. The molecule has 0 radical (unpaired) electrons. The maximum Gasteiger partial charge on any atom is 0.267 e. The van der Waals surface area contributed by atoms with Crippen molar-refractivity contribution < 1.29 is 9.53 Å². The predicted molar refractivity (Wildman–Crippen MR) is 96.5 cm³/mol. The van der Waals surface area contributed by atoms with E-state index in [0.717, 1.165) is 29.5 Å². The van der Waals surface area contributed by atoms with Crippen LogP contribution in [0.3, 0.4) is 0 Å². The molecule has 1 heterocycles. The SMILES string of the molecule is COc1ccc2cc(C(=O)NC(C)CCc3ccccc3)[nH]c2c1. The van der Waals surface area contributed by atoms with E-state index in [4.69, 9.17) is 4.74 Å². The molecule has 0 spiro atoms. The minimum Gasteiger partial charge on any atom is -0.497 e. The van der Waals surface area contributed by atoms with Crippen LogP contribution < -0.4 is 10.1 Å². The first-order valence-electron chi connectivity index (χ1n) is 8.17. The molecule has 1 atom stereocenters. The number of aromatic nitrogens is 1. The van der Waals surface area contributed by atoms with Crippen molar-refractivity contribution >= 4 is 16.8 Å². The number of methoxy groups -OCH3 is 1. The third kappa shape index (κ3) is 3.77. The molecule has 0 aliphatic rings. The van der Waals surface area contributed by atoms with Crippen LogP contribution in [0.15, 0.2) is 54.6 Å². The summed E-state index contributed by atoms with van der Waals surface area (Å²) in [5, 5.41) is 4.05. The Morgan fingerprint density at radius 1 is 1.17 bits per heavy atom. The zero-order valence-corrected chi connectivity index (χ0v) is 14.0. The number of carbonyl (C=O) groups is 1. The highest BCUT2D eigenvalue weighted by Gasteiger charge is 2.13. The number of ether oxygens (including phenoxy) is 1. The number of benzene rings is 2. The van der Waals surface area contributed by atoms with Crippen molar-refractivity contribution in [2.75, 3.05) is 7.11 Å². The van der Waals surface area contributed by atoms with Gasteiger partial charge in [0.2, 0.25) is 0 Å². The molecule has 1 unspecified atom stereocenters. The van der Waals surface area contributed by atoms with E-state index in [0.29, 0.717) is 5.69 Å². The van der Waals surface area contributed by atoms with Gasteiger partial charge in [-0.15, -0.1) is 0 Å². The predicted octanol–water partition coefficient (Wildman–Crippen LogP) is 3.93.